The van der Waals surface area contributed by atoms with E-state index in [9.17, 15) is 0 Å². The summed E-state index contributed by atoms with van der Waals surface area (Å²) < 4.78 is 0.967. The van der Waals surface area contributed by atoms with Crippen molar-refractivity contribution in [3.63, 3.8) is 0 Å². The fourth-order valence-corrected chi connectivity index (χ4v) is 3.28. The van der Waals surface area contributed by atoms with E-state index < -0.39 is 0 Å². The maximum Gasteiger partial charge on any atom is 0.105 e. The number of nitrogens with two attached hydrogens (primary N) is 1. The molecule has 0 aliphatic carbocycles. The topological polar surface area (TPSA) is 32.5 Å². The van der Waals surface area contributed by atoms with E-state index in [0.29, 0.717) is 4.99 Å². The number of nitrogens with zero attached hydrogens (tertiary/aromatic N) is 2. The highest BCUT2D eigenvalue weighted by Crippen LogP contribution is 2.24. The number of hydrogen-bond donors (Lipinski definition) is 1. The molecule has 0 aromatic heterocycles. The highest BCUT2D eigenvalue weighted by atomic mass is 79.9. The summed E-state index contributed by atoms with van der Waals surface area (Å²) in [5, 5.41) is 0. The molecule has 1 rings (SSSR count). The van der Waals surface area contributed by atoms with Crippen LogP contribution in [0.5, 0.6) is 0 Å². The minimum Gasteiger partial charge on any atom is -0.389 e. The van der Waals surface area contributed by atoms with Crippen molar-refractivity contribution in [2.45, 2.75) is 27.2 Å². The molecule has 1 aromatic carbocycles. The van der Waals surface area contributed by atoms with E-state index in [4.69, 9.17) is 18.0 Å². The van der Waals surface area contributed by atoms with Gasteiger partial charge in [0.05, 0.1) is 0 Å². The van der Waals surface area contributed by atoms with Gasteiger partial charge in [-0.05, 0) is 67.1 Å². The molecule has 3 nitrogen and oxygen atoms in total. The summed E-state index contributed by atoms with van der Waals surface area (Å²) in [5.74, 6) is 0. The molecule has 0 atom stereocenters. The molecule has 0 heterocycles. The van der Waals surface area contributed by atoms with Crippen LogP contribution in [0.1, 0.15) is 32.8 Å². The normalized spacial score (nSPS) is 10.9. The molecule has 0 radical (unpaired) electrons. The maximum atomic E-state index is 5.70. The van der Waals surface area contributed by atoms with Crippen molar-refractivity contribution >= 4 is 38.8 Å². The molecule has 2 N–H and O–H groups in total. The molecule has 0 spiro atoms. The Morgan fingerprint density at radius 2 is 1.81 bits per heavy atom. The third-order valence-electron chi connectivity index (χ3n) is 3.76. The average molecular weight is 372 g/mol. The van der Waals surface area contributed by atoms with Crippen molar-refractivity contribution in [2.24, 2.45) is 5.73 Å². The van der Waals surface area contributed by atoms with E-state index in [0.717, 1.165) is 42.8 Å². The molecule has 0 fully saturated rings. The summed E-state index contributed by atoms with van der Waals surface area (Å²) in [4.78, 5) is 5.27. The van der Waals surface area contributed by atoms with Crippen molar-refractivity contribution in [2.75, 3.05) is 37.6 Å². The van der Waals surface area contributed by atoms with E-state index in [1.54, 1.807) is 0 Å². The second-order valence-electron chi connectivity index (χ2n) is 4.99. The van der Waals surface area contributed by atoms with Crippen LogP contribution in [0.25, 0.3) is 0 Å². The van der Waals surface area contributed by atoms with Crippen molar-refractivity contribution in [3.8, 4) is 0 Å². The zero-order chi connectivity index (χ0) is 15.8. The lowest BCUT2D eigenvalue weighted by Crippen LogP contribution is -2.30. The SMILES string of the molecule is CCN(CC)CCCN(CC)c1ccc(C(N)=S)c(Br)c1. The van der Waals surface area contributed by atoms with Gasteiger partial charge in [0.25, 0.3) is 0 Å². The predicted octanol–water partition coefficient (Wildman–Crippen LogP) is 3.64. The van der Waals surface area contributed by atoms with Crippen LogP contribution in [0.3, 0.4) is 0 Å². The summed E-state index contributed by atoms with van der Waals surface area (Å²) in [6.07, 6.45) is 1.17. The zero-order valence-electron chi connectivity index (χ0n) is 13.2. The third kappa shape index (κ3) is 5.57. The van der Waals surface area contributed by atoms with Crippen LogP contribution in [0.15, 0.2) is 22.7 Å². The highest BCUT2D eigenvalue weighted by Gasteiger charge is 2.09. The molecule has 0 amide bonds. The van der Waals surface area contributed by atoms with Gasteiger partial charge in [-0.1, -0.05) is 26.1 Å². The second kappa shape index (κ2) is 9.38. The van der Waals surface area contributed by atoms with Gasteiger partial charge in [0.15, 0.2) is 0 Å². The Bertz CT molecular complexity index is 461. The number of hydrogen-bond acceptors (Lipinski definition) is 3. The van der Waals surface area contributed by atoms with Crippen molar-refractivity contribution in [1.29, 1.82) is 0 Å². The van der Waals surface area contributed by atoms with E-state index in [-0.39, 0.29) is 0 Å². The van der Waals surface area contributed by atoms with Gasteiger partial charge < -0.3 is 15.5 Å². The first-order valence-corrected chi connectivity index (χ1v) is 8.80. The summed E-state index contributed by atoms with van der Waals surface area (Å²) in [7, 11) is 0. The summed E-state index contributed by atoms with van der Waals surface area (Å²) in [6, 6.07) is 6.20. The maximum absolute atomic E-state index is 5.70. The van der Waals surface area contributed by atoms with Crippen LogP contribution in [-0.2, 0) is 0 Å². The predicted molar refractivity (Wildman–Crippen MR) is 100 cm³/mol. The molecule has 0 aliphatic heterocycles. The van der Waals surface area contributed by atoms with Gasteiger partial charge >= 0.3 is 0 Å². The average Bonchev–Trinajstić information content (AvgIpc) is 2.47. The van der Waals surface area contributed by atoms with Crippen molar-refractivity contribution in [1.82, 2.24) is 4.90 Å². The van der Waals surface area contributed by atoms with Crippen LogP contribution in [0.4, 0.5) is 5.69 Å². The van der Waals surface area contributed by atoms with E-state index >= 15 is 0 Å². The highest BCUT2D eigenvalue weighted by molar-refractivity contribution is 9.10. The largest absolute Gasteiger partial charge is 0.389 e. The molecule has 0 saturated carbocycles. The fraction of sp³-hybridized carbons (Fsp3) is 0.562. The van der Waals surface area contributed by atoms with E-state index in [1.807, 2.05) is 6.07 Å². The van der Waals surface area contributed by atoms with Gasteiger partial charge in [0.1, 0.15) is 4.99 Å². The Morgan fingerprint density at radius 3 is 2.29 bits per heavy atom. The number of benzene rings is 1. The molecular formula is C16H26BrN3S. The van der Waals surface area contributed by atoms with Gasteiger partial charge in [-0.2, -0.15) is 0 Å². The molecular weight excluding hydrogens is 346 g/mol. The third-order valence-corrected chi connectivity index (χ3v) is 4.64. The molecule has 0 aliphatic rings. The Labute approximate surface area is 142 Å². The van der Waals surface area contributed by atoms with Gasteiger partial charge in [0.2, 0.25) is 0 Å². The lowest BCUT2D eigenvalue weighted by Gasteiger charge is -2.26. The Morgan fingerprint density at radius 1 is 1.14 bits per heavy atom. The lowest BCUT2D eigenvalue weighted by atomic mass is 10.2. The molecule has 118 valence electrons. The molecule has 0 saturated heterocycles. The van der Waals surface area contributed by atoms with Crippen molar-refractivity contribution < 1.29 is 0 Å². The summed E-state index contributed by atoms with van der Waals surface area (Å²) >= 11 is 8.60. The van der Waals surface area contributed by atoms with Gasteiger partial charge in [0, 0.05) is 28.8 Å². The van der Waals surface area contributed by atoms with Gasteiger partial charge in [-0.3, -0.25) is 0 Å². The van der Waals surface area contributed by atoms with Crippen molar-refractivity contribution in [3.05, 3.63) is 28.2 Å². The van der Waals surface area contributed by atoms with Crippen LogP contribution < -0.4 is 10.6 Å². The second-order valence-corrected chi connectivity index (χ2v) is 6.28. The molecule has 1 aromatic rings. The van der Waals surface area contributed by atoms with Crippen LogP contribution in [0, 0.1) is 0 Å². The standard InChI is InChI=1S/C16H26BrN3S/c1-4-19(5-2)10-7-11-20(6-3)13-8-9-14(16(18)21)15(17)12-13/h8-9,12H,4-7,10-11H2,1-3H3,(H2,18,21). The summed E-state index contributed by atoms with van der Waals surface area (Å²) in [6.45, 7) is 12.1. The summed E-state index contributed by atoms with van der Waals surface area (Å²) in [5.41, 5.74) is 7.81. The van der Waals surface area contributed by atoms with Gasteiger partial charge in [-0.15, -0.1) is 0 Å². The minimum atomic E-state index is 0.429. The van der Waals surface area contributed by atoms with Gasteiger partial charge in [-0.25, -0.2) is 0 Å². The molecule has 21 heavy (non-hydrogen) atoms. The molecule has 5 heteroatoms. The number of anilines is 1. The Kier molecular flexibility index (Phi) is 8.22. The smallest absolute Gasteiger partial charge is 0.105 e. The van der Waals surface area contributed by atoms with Crippen LogP contribution in [0.2, 0.25) is 0 Å². The van der Waals surface area contributed by atoms with Crippen LogP contribution >= 0.6 is 28.1 Å². The van der Waals surface area contributed by atoms with E-state index in [2.05, 4.69) is 58.6 Å². The number of rotatable bonds is 9. The minimum absolute atomic E-state index is 0.429. The molecule has 0 bridgehead atoms. The number of halogens is 1. The van der Waals surface area contributed by atoms with E-state index in [1.165, 1.54) is 12.1 Å². The Hall–Kier alpha value is -0.650. The first-order valence-electron chi connectivity index (χ1n) is 7.60. The number of thiocarbonyl (C=S) groups is 1. The van der Waals surface area contributed by atoms with Crippen LogP contribution in [-0.4, -0.2) is 42.6 Å². The quantitative estimate of drug-likeness (QED) is 0.671. The Balaban J connectivity index is 2.68. The first-order chi connectivity index (χ1) is 10.0. The fourth-order valence-electron chi connectivity index (χ4n) is 2.40. The monoisotopic (exact) mass is 371 g/mol. The lowest BCUT2D eigenvalue weighted by molar-refractivity contribution is 0.301. The zero-order valence-corrected chi connectivity index (χ0v) is 15.6. The molecule has 0 unspecified atom stereocenters. The first kappa shape index (κ1) is 18.4.